The van der Waals surface area contributed by atoms with Crippen molar-refractivity contribution in [3.05, 3.63) is 78.6 Å². The van der Waals surface area contributed by atoms with Crippen molar-refractivity contribution in [2.24, 2.45) is 11.7 Å². The topological polar surface area (TPSA) is 70.8 Å². The fourth-order valence-electron chi connectivity index (χ4n) is 4.70. The van der Waals surface area contributed by atoms with Gasteiger partial charge in [0.1, 0.15) is 17.2 Å². The van der Waals surface area contributed by atoms with Gasteiger partial charge >= 0.3 is 0 Å². The summed E-state index contributed by atoms with van der Waals surface area (Å²) in [4.78, 5) is 14.3. The van der Waals surface area contributed by atoms with Crippen LogP contribution in [0.1, 0.15) is 0 Å². The van der Waals surface area contributed by atoms with Gasteiger partial charge in [-0.05, 0) is 28.9 Å². The van der Waals surface area contributed by atoms with Gasteiger partial charge in [-0.25, -0.2) is 13.8 Å². The molecule has 6 rings (SSSR count). The number of nitrogens with two attached hydrogens (primary N) is 1. The summed E-state index contributed by atoms with van der Waals surface area (Å²) in [6.45, 7) is 2.25. The molecule has 33 heavy (non-hydrogen) atoms. The lowest BCUT2D eigenvalue weighted by atomic mass is 9.92. The Kier molecular flexibility index (Phi) is 4.58. The van der Waals surface area contributed by atoms with Gasteiger partial charge in [0.05, 0.1) is 16.8 Å². The first kappa shape index (κ1) is 19.8. The normalized spacial score (nSPS) is 14.2. The van der Waals surface area contributed by atoms with Crippen LogP contribution in [-0.2, 0) is 0 Å². The number of nitrogens with zero attached hydrogens (tertiary/aromatic N) is 3. The summed E-state index contributed by atoms with van der Waals surface area (Å²) in [5.41, 5.74) is 10.0. The van der Waals surface area contributed by atoms with E-state index in [2.05, 4.69) is 44.1 Å². The Morgan fingerprint density at radius 3 is 2.61 bits per heavy atom. The van der Waals surface area contributed by atoms with Crippen LogP contribution in [0.5, 0.6) is 0 Å². The predicted octanol–water partition coefficient (Wildman–Crippen LogP) is 5.12. The summed E-state index contributed by atoms with van der Waals surface area (Å²) in [6, 6.07) is 16.5. The number of halogens is 2. The fraction of sp³-hybridized carbons (Fsp3) is 0.154. The zero-order valence-electron chi connectivity index (χ0n) is 17.7. The second kappa shape index (κ2) is 7.64. The van der Waals surface area contributed by atoms with Crippen LogP contribution in [0.2, 0.25) is 0 Å². The zero-order valence-corrected chi connectivity index (χ0v) is 17.7. The van der Waals surface area contributed by atoms with Gasteiger partial charge in [-0.1, -0.05) is 42.5 Å². The number of pyridine rings is 1. The van der Waals surface area contributed by atoms with Crippen molar-refractivity contribution in [2.75, 3.05) is 24.5 Å². The summed E-state index contributed by atoms with van der Waals surface area (Å²) in [5.74, 6) is -0.477. The van der Waals surface area contributed by atoms with E-state index in [0.717, 1.165) is 52.3 Å². The van der Waals surface area contributed by atoms with E-state index in [1.54, 1.807) is 6.20 Å². The molecule has 0 saturated carbocycles. The van der Waals surface area contributed by atoms with E-state index in [1.165, 1.54) is 6.07 Å². The van der Waals surface area contributed by atoms with E-state index in [4.69, 9.17) is 5.73 Å². The highest BCUT2D eigenvalue weighted by atomic mass is 19.1. The van der Waals surface area contributed by atoms with Gasteiger partial charge in [0.2, 0.25) is 0 Å². The molecule has 3 aromatic carbocycles. The number of hydrogen-bond acceptors (Lipinski definition) is 4. The monoisotopic (exact) mass is 441 g/mol. The molecule has 7 heteroatoms. The number of anilines is 1. The molecule has 164 valence electrons. The van der Waals surface area contributed by atoms with Gasteiger partial charge in [0.25, 0.3) is 0 Å². The Balaban J connectivity index is 1.59. The van der Waals surface area contributed by atoms with Gasteiger partial charge in [0, 0.05) is 43.0 Å². The largest absolute Gasteiger partial charge is 0.370 e. The Bertz CT molecular complexity index is 1500. The first-order chi connectivity index (χ1) is 16.1. The van der Waals surface area contributed by atoms with Gasteiger partial charge in [-0.3, -0.25) is 4.98 Å². The van der Waals surface area contributed by atoms with Crippen molar-refractivity contribution in [2.45, 2.75) is 0 Å². The molecule has 1 aliphatic heterocycles. The standard InChI is InChI=1S/C26H21F2N5/c27-17-8-22(28)24-23(9-17)31-26(32-24)21-12-30-11-20(25(21)33-13-15(10-29)14-33)19-7-3-5-16-4-1-2-6-18(16)19/h1-9,11-12,15H,10,13-14,29H2,(H,31,32). The summed E-state index contributed by atoms with van der Waals surface area (Å²) in [5, 5.41) is 2.25. The Morgan fingerprint density at radius 2 is 1.76 bits per heavy atom. The smallest absolute Gasteiger partial charge is 0.153 e. The number of nitrogens with one attached hydrogen (secondary N) is 1. The molecule has 1 aliphatic rings. The molecule has 0 aliphatic carbocycles. The van der Waals surface area contributed by atoms with Gasteiger partial charge in [0.15, 0.2) is 5.82 Å². The summed E-state index contributed by atoms with van der Waals surface area (Å²) in [6.07, 6.45) is 3.59. The molecule has 1 saturated heterocycles. The van der Waals surface area contributed by atoms with E-state index in [1.807, 2.05) is 24.4 Å². The number of rotatable bonds is 4. The Morgan fingerprint density at radius 1 is 0.970 bits per heavy atom. The number of fused-ring (bicyclic) bond motifs is 2. The van der Waals surface area contributed by atoms with Crippen molar-refractivity contribution < 1.29 is 8.78 Å². The van der Waals surface area contributed by atoms with Gasteiger partial charge in [-0.2, -0.15) is 0 Å². The number of imidazole rings is 1. The lowest BCUT2D eigenvalue weighted by Gasteiger charge is -2.42. The highest BCUT2D eigenvalue weighted by Gasteiger charge is 2.31. The first-order valence-corrected chi connectivity index (χ1v) is 10.9. The molecule has 0 amide bonds. The molecule has 0 atom stereocenters. The molecule has 1 fully saturated rings. The number of benzene rings is 3. The van der Waals surface area contributed by atoms with E-state index < -0.39 is 11.6 Å². The molecule has 3 N–H and O–H groups in total. The third-order valence-electron chi connectivity index (χ3n) is 6.36. The van der Waals surface area contributed by atoms with Crippen LogP contribution in [0.25, 0.3) is 44.3 Å². The summed E-state index contributed by atoms with van der Waals surface area (Å²) >= 11 is 0. The number of H-pyrrole nitrogens is 1. The third kappa shape index (κ3) is 3.24. The number of aromatic amines is 1. The average Bonchev–Trinajstić information content (AvgIpc) is 3.22. The minimum Gasteiger partial charge on any atom is -0.370 e. The van der Waals surface area contributed by atoms with Gasteiger partial charge in [-0.15, -0.1) is 0 Å². The van der Waals surface area contributed by atoms with Crippen LogP contribution in [-0.4, -0.2) is 34.6 Å². The average molecular weight is 441 g/mol. The molecular formula is C26H21F2N5. The summed E-state index contributed by atoms with van der Waals surface area (Å²) < 4.78 is 28.1. The molecule has 5 nitrogen and oxygen atoms in total. The number of aromatic nitrogens is 3. The lowest BCUT2D eigenvalue weighted by molar-refractivity contribution is 0.421. The molecule has 0 bridgehead atoms. The maximum absolute atomic E-state index is 14.4. The van der Waals surface area contributed by atoms with Crippen molar-refractivity contribution in [3.63, 3.8) is 0 Å². The highest BCUT2D eigenvalue weighted by molar-refractivity contribution is 6.02. The van der Waals surface area contributed by atoms with Crippen molar-refractivity contribution in [3.8, 4) is 22.5 Å². The molecule has 0 unspecified atom stereocenters. The van der Waals surface area contributed by atoms with Gasteiger partial charge < -0.3 is 15.6 Å². The minimum absolute atomic E-state index is 0.108. The predicted molar refractivity (Wildman–Crippen MR) is 127 cm³/mol. The summed E-state index contributed by atoms with van der Waals surface area (Å²) in [7, 11) is 0. The Labute approximate surface area is 188 Å². The second-order valence-corrected chi connectivity index (χ2v) is 8.49. The SMILES string of the molecule is NCC1CN(c2c(-c3nc4c(F)cc(F)cc4[nH]3)cncc2-c2cccc3ccccc23)C1. The van der Waals surface area contributed by atoms with E-state index in [-0.39, 0.29) is 5.52 Å². The van der Waals surface area contributed by atoms with Crippen LogP contribution in [0.15, 0.2) is 67.0 Å². The van der Waals surface area contributed by atoms with Crippen LogP contribution >= 0.6 is 0 Å². The van der Waals surface area contributed by atoms with Crippen molar-refractivity contribution in [1.29, 1.82) is 0 Å². The highest BCUT2D eigenvalue weighted by Crippen LogP contribution is 2.43. The first-order valence-electron chi connectivity index (χ1n) is 10.9. The van der Waals surface area contributed by atoms with Crippen LogP contribution in [0.3, 0.4) is 0 Å². The van der Waals surface area contributed by atoms with E-state index in [0.29, 0.717) is 23.8 Å². The maximum Gasteiger partial charge on any atom is 0.153 e. The quantitative estimate of drug-likeness (QED) is 0.406. The van der Waals surface area contributed by atoms with E-state index >= 15 is 0 Å². The maximum atomic E-state index is 14.4. The lowest BCUT2D eigenvalue weighted by Crippen LogP contribution is -2.50. The van der Waals surface area contributed by atoms with Crippen LogP contribution < -0.4 is 10.6 Å². The van der Waals surface area contributed by atoms with Crippen molar-refractivity contribution >= 4 is 27.5 Å². The van der Waals surface area contributed by atoms with Crippen LogP contribution in [0.4, 0.5) is 14.5 Å². The Hall–Kier alpha value is -3.84. The molecule has 0 spiro atoms. The van der Waals surface area contributed by atoms with E-state index in [9.17, 15) is 8.78 Å². The minimum atomic E-state index is -0.695. The molecular weight excluding hydrogens is 420 g/mol. The molecule has 5 aromatic rings. The number of hydrogen-bond donors (Lipinski definition) is 2. The second-order valence-electron chi connectivity index (χ2n) is 8.49. The molecule has 2 aromatic heterocycles. The van der Waals surface area contributed by atoms with Crippen molar-refractivity contribution in [1.82, 2.24) is 15.0 Å². The molecule has 3 heterocycles. The third-order valence-corrected chi connectivity index (χ3v) is 6.36. The molecule has 0 radical (unpaired) electrons. The fourth-order valence-corrected chi connectivity index (χ4v) is 4.70. The zero-order chi connectivity index (χ0) is 22.5. The van der Waals surface area contributed by atoms with Crippen LogP contribution in [0, 0.1) is 17.6 Å².